The molecule has 2 aromatic rings. The first-order valence-corrected chi connectivity index (χ1v) is 7.19. The molecule has 0 aromatic carbocycles. The molecule has 1 saturated heterocycles. The molecule has 22 heavy (non-hydrogen) atoms. The van der Waals surface area contributed by atoms with Gasteiger partial charge in [0, 0.05) is 57.4 Å². The van der Waals surface area contributed by atoms with Crippen LogP contribution in [0, 0.1) is 10.1 Å². The van der Waals surface area contributed by atoms with E-state index in [4.69, 9.17) is 0 Å². The first-order chi connectivity index (χ1) is 10.7. The third kappa shape index (κ3) is 3.20. The van der Waals surface area contributed by atoms with Crippen LogP contribution in [0.25, 0.3) is 0 Å². The molecule has 0 spiro atoms. The average molecular weight is 299 g/mol. The van der Waals surface area contributed by atoms with Gasteiger partial charge in [-0.3, -0.25) is 20.0 Å². The van der Waals surface area contributed by atoms with E-state index in [0.717, 1.165) is 32.7 Å². The number of pyridine rings is 2. The fraction of sp³-hybridized carbons (Fsp3) is 0.333. The van der Waals surface area contributed by atoms with Gasteiger partial charge in [-0.25, -0.2) is 4.98 Å². The van der Waals surface area contributed by atoms with Crippen molar-refractivity contribution in [2.75, 3.05) is 31.1 Å². The largest absolute Gasteiger partial charge is 0.348 e. The molecule has 1 aliphatic heterocycles. The summed E-state index contributed by atoms with van der Waals surface area (Å²) in [6.45, 7) is 4.07. The highest BCUT2D eigenvalue weighted by Crippen LogP contribution is 2.25. The van der Waals surface area contributed by atoms with Gasteiger partial charge in [0.2, 0.25) is 5.82 Å². The Kier molecular flexibility index (Phi) is 4.24. The maximum atomic E-state index is 11.1. The first kappa shape index (κ1) is 14.4. The van der Waals surface area contributed by atoms with Crippen molar-refractivity contribution in [2.24, 2.45) is 0 Å². The third-order valence-electron chi connectivity index (χ3n) is 3.79. The molecule has 0 atom stereocenters. The van der Waals surface area contributed by atoms with Crippen LogP contribution in [0.1, 0.15) is 5.56 Å². The summed E-state index contributed by atoms with van der Waals surface area (Å²) in [5.74, 6) is 0.469. The molecule has 0 aliphatic carbocycles. The van der Waals surface area contributed by atoms with E-state index < -0.39 is 0 Å². The molecular formula is C15H17N5O2. The summed E-state index contributed by atoms with van der Waals surface area (Å²) in [4.78, 5) is 23.3. The zero-order valence-electron chi connectivity index (χ0n) is 12.1. The SMILES string of the molecule is O=[N+]([O-])c1cccnc1N1CCN(Cc2ccncc2)CC1. The summed E-state index contributed by atoms with van der Waals surface area (Å²) >= 11 is 0. The zero-order chi connectivity index (χ0) is 15.4. The Balaban J connectivity index is 1.64. The van der Waals surface area contributed by atoms with Crippen molar-refractivity contribution >= 4 is 11.5 Å². The number of piperazine rings is 1. The molecule has 1 aliphatic rings. The normalized spacial score (nSPS) is 15.7. The van der Waals surface area contributed by atoms with Gasteiger partial charge in [0.05, 0.1) is 4.92 Å². The Labute approximate surface area is 128 Å². The lowest BCUT2D eigenvalue weighted by molar-refractivity contribution is -0.384. The highest BCUT2D eigenvalue weighted by molar-refractivity contribution is 5.57. The molecule has 0 unspecified atom stereocenters. The number of anilines is 1. The van der Waals surface area contributed by atoms with Crippen LogP contribution >= 0.6 is 0 Å². The van der Waals surface area contributed by atoms with Gasteiger partial charge in [-0.2, -0.15) is 0 Å². The fourth-order valence-electron chi connectivity index (χ4n) is 2.64. The first-order valence-electron chi connectivity index (χ1n) is 7.19. The van der Waals surface area contributed by atoms with E-state index in [0.29, 0.717) is 5.82 Å². The molecule has 0 saturated carbocycles. The van der Waals surface area contributed by atoms with E-state index in [1.807, 2.05) is 17.0 Å². The Bertz CT molecular complexity index is 641. The second-order valence-corrected chi connectivity index (χ2v) is 5.22. The van der Waals surface area contributed by atoms with E-state index >= 15 is 0 Å². The maximum Gasteiger partial charge on any atom is 0.311 e. The Hall–Kier alpha value is -2.54. The summed E-state index contributed by atoms with van der Waals surface area (Å²) in [7, 11) is 0. The van der Waals surface area contributed by atoms with Gasteiger partial charge in [-0.1, -0.05) is 0 Å². The molecule has 7 nitrogen and oxygen atoms in total. The van der Waals surface area contributed by atoms with Gasteiger partial charge >= 0.3 is 5.69 Å². The number of rotatable bonds is 4. The lowest BCUT2D eigenvalue weighted by Gasteiger charge is -2.35. The van der Waals surface area contributed by atoms with Crippen LogP contribution in [0.4, 0.5) is 11.5 Å². The Morgan fingerprint density at radius 3 is 2.50 bits per heavy atom. The minimum Gasteiger partial charge on any atom is -0.348 e. The van der Waals surface area contributed by atoms with Crippen molar-refractivity contribution in [3.05, 3.63) is 58.5 Å². The molecule has 1 fully saturated rings. The molecular weight excluding hydrogens is 282 g/mol. The van der Waals surface area contributed by atoms with Crippen molar-refractivity contribution in [1.82, 2.24) is 14.9 Å². The van der Waals surface area contributed by atoms with Crippen molar-refractivity contribution < 1.29 is 4.92 Å². The van der Waals surface area contributed by atoms with E-state index in [9.17, 15) is 10.1 Å². The Morgan fingerprint density at radius 1 is 1.09 bits per heavy atom. The van der Waals surface area contributed by atoms with Gasteiger partial charge in [-0.15, -0.1) is 0 Å². The van der Waals surface area contributed by atoms with E-state index in [1.54, 1.807) is 24.7 Å². The van der Waals surface area contributed by atoms with Gasteiger partial charge in [0.25, 0.3) is 0 Å². The van der Waals surface area contributed by atoms with Crippen LogP contribution in [0.5, 0.6) is 0 Å². The van der Waals surface area contributed by atoms with Crippen molar-refractivity contribution in [1.29, 1.82) is 0 Å². The average Bonchev–Trinajstić information content (AvgIpc) is 2.56. The summed E-state index contributed by atoms with van der Waals surface area (Å²) < 4.78 is 0. The van der Waals surface area contributed by atoms with Crippen LogP contribution in [-0.2, 0) is 6.54 Å². The smallest absolute Gasteiger partial charge is 0.311 e. The van der Waals surface area contributed by atoms with Crippen molar-refractivity contribution in [2.45, 2.75) is 6.54 Å². The predicted octanol–water partition coefficient (Wildman–Crippen LogP) is 1.71. The van der Waals surface area contributed by atoms with Crippen LogP contribution in [0.15, 0.2) is 42.9 Å². The minimum atomic E-state index is -0.369. The highest BCUT2D eigenvalue weighted by atomic mass is 16.6. The van der Waals surface area contributed by atoms with Gasteiger partial charge in [0.15, 0.2) is 0 Å². The molecule has 3 rings (SSSR count). The molecule has 0 bridgehead atoms. The number of aromatic nitrogens is 2. The van der Waals surface area contributed by atoms with E-state index in [2.05, 4.69) is 14.9 Å². The lowest BCUT2D eigenvalue weighted by Crippen LogP contribution is -2.46. The highest BCUT2D eigenvalue weighted by Gasteiger charge is 2.24. The topological polar surface area (TPSA) is 75.4 Å². The summed E-state index contributed by atoms with van der Waals surface area (Å²) in [5, 5.41) is 11.1. The minimum absolute atomic E-state index is 0.0742. The predicted molar refractivity (Wildman–Crippen MR) is 82.6 cm³/mol. The lowest BCUT2D eigenvalue weighted by atomic mass is 10.2. The fourth-order valence-corrected chi connectivity index (χ4v) is 2.64. The van der Waals surface area contributed by atoms with Crippen molar-refractivity contribution in [3.63, 3.8) is 0 Å². The third-order valence-corrected chi connectivity index (χ3v) is 3.79. The second-order valence-electron chi connectivity index (χ2n) is 5.22. The standard InChI is InChI=1S/C15H17N5O2/c21-20(22)14-2-1-5-17-15(14)19-10-8-18(9-11-19)12-13-3-6-16-7-4-13/h1-7H,8-12H2. The number of hydrogen-bond donors (Lipinski definition) is 0. The molecule has 2 aromatic heterocycles. The van der Waals surface area contributed by atoms with Gasteiger partial charge in [-0.05, 0) is 23.8 Å². The summed E-state index contributed by atoms with van der Waals surface area (Å²) in [6, 6.07) is 7.12. The quantitative estimate of drug-likeness (QED) is 0.632. The van der Waals surface area contributed by atoms with Crippen LogP contribution in [0.3, 0.4) is 0 Å². The molecule has 3 heterocycles. The van der Waals surface area contributed by atoms with E-state index in [-0.39, 0.29) is 10.6 Å². The molecule has 114 valence electrons. The molecule has 0 N–H and O–H groups in total. The van der Waals surface area contributed by atoms with Gasteiger partial charge < -0.3 is 4.90 Å². The van der Waals surface area contributed by atoms with E-state index in [1.165, 1.54) is 11.6 Å². The summed E-state index contributed by atoms with van der Waals surface area (Å²) in [6.07, 6.45) is 5.19. The monoisotopic (exact) mass is 299 g/mol. The van der Waals surface area contributed by atoms with Crippen LogP contribution in [-0.4, -0.2) is 46.0 Å². The summed E-state index contributed by atoms with van der Waals surface area (Å²) in [5.41, 5.74) is 1.30. The number of hydrogen-bond acceptors (Lipinski definition) is 6. The molecule has 0 amide bonds. The maximum absolute atomic E-state index is 11.1. The molecule has 0 radical (unpaired) electrons. The van der Waals surface area contributed by atoms with Crippen LogP contribution < -0.4 is 4.90 Å². The Morgan fingerprint density at radius 2 is 1.82 bits per heavy atom. The van der Waals surface area contributed by atoms with Gasteiger partial charge in [0.1, 0.15) is 0 Å². The number of nitro groups is 1. The second kappa shape index (κ2) is 6.48. The zero-order valence-corrected chi connectivity index (χ0v) is 12.1. The van der Waals surface area contributed by atoms with Crippen LogP contribution in [0.2, 0.25) is 0 Å². The number of nitrogens with zero attached hydrogens (tertiary/aromatic N) is 5. The van der Waals surface area contributed by atoms with Crippen molar-refractivity contribution in [3.8, 4) is 0 Å². The molecule has 7 heteroatoms.